The molecule has 6 heteroatoms. The Kier molecular flexibility index (Phi) is 7.55. The fourth-order valence-corrected chi connectivity index (χ4v) is 3.45. The molecule has 32 heavy (non-hydrogen) atoms. The highest BCUT2D eigenvalue weighted by Crippen LogP contribution is 2.58. The van der Waals surface area contributed by atoms with Crippen LogP contribution in [0.15, 0.2) is 66.4 Å². The smallest absolute Gasteiger partial charge is 0.315 e. The minimum Gasteiger partial charge on any atom is -0.457 e. The van der Waals surface area contributed by atoms with Crippen molar-refractivity contribution >= 4 is 5.97 Å². The van der Waals surface area contributed by atoms with E-state index in [4.69, 9.17) is 14.3 Å². The zero-order valence-corrected chi connectivity index (χ0v) is 19.0. The predicted octanol–water partition coefficient (Wildman–Crippen LogP) is 5.69. The Labute approximate surface area is 189 Å². The first-order valence-electron chi connectivity index (χ1n) is 10.8. The van der Waals surface area contributed by atoms with Gasteiger partial charge in [-0.1, -0.05) is 58.0 Å². The summed E-state index contributed by atoms with van der Waals surface area (Å²) in [4.78, 5) is 18.2. The van der Waals surface area contributed by atoms with Crippen LogP contribution in [-0.4, -0.2) is 12.6 Å². The van der Waals surface area contributed by atoms with Crippen LogP contribution in [0.3, 0.4) is 0 Å². The van der Waals surface area contributed by atoms with Crippen molar-refractivity contribution in [3.05, 3.63) is 71.9 Å². The lowest BCUT2D eigenvalue weighted by atomic mass is 10.1. The van der Waals surface area contributed by atoms with E-state index in [-0.39, 0.29) is 5.41 Å². The average Bonchev–Trinajstić information content (AvgIpc) is 3.32. The number of nitrogens with zero attached hydrogens (tertiary/aromatic N) is 1. The van der Waals surface area contributed by atoms with Crippen molar-refractivity contribution < 1.29 is 19.1 Å². The van der Waals surface area contributed by atoms with Gasteiger partial charge in [0.15, 0.2) is 0 Å². The molecule has 0 spiro atoms. The third-order valence-corrected chi connectivity index (χ3v) is 5.52. The molecule has 0 aliphatic heterocycles. The van der Waals surface area contributed by atoms with Crippen molar-refractivity contribution in [1.29, 1.82) is 5.26 Å². The van der Waals surface area contributed by atoms with E-state index in [0.29, 0.717) is 29.6 Å². The molecule has 2 atom stereocenters. The molecule has 2 aromatic carbocycles. The van der Waals surface area contributed by atoms with Crippen LogP contribution < -0.4 is 10.2 Å². The maximum Gasteiger partial charge on any atom is 0.315 e. The Balaban J connectivity index is 1.61. The molecule has 1 N–H and O–H groups in total. The van der Waals surface area contributed by atoms with Crippen LogP contribution in [0.1, 0.15) is 45.8 Å². The molecule has 1 fully saturated rings. The van der Waals surface area contributed by atoms with Crippen molar-refractivity contribution in [3.8, 4) is 17.6 Å². The van der Waals surface area contributed by atoms with Gasteiger partial charge in [0.1, 0.15) is 17.6 Å². The number of benzene rings is 2. The standard InChI is InChI=1S/C26H30N2O4/c1-18(2)13-14-30-28-17-22-24(26(22,3)4)25(29)32-23(16-27)19-9-8-12-21(15-19)31-20-10-6-5-7-11-20/h5-12,15,17-18,23-24,28H,13-14H2,1-4H3/t23?,24-/m0/s1. The summed E-state index contributed by atoms with van der Waals surface area (Å²) in [7, 11) is 0. The molecular weight excluding hydrogens is 404 g/mol. The van der Waals surface area contributed by atoms with Crippen LogP contribution in [0.5, 0.6) is 11.5 Å². The Morgan fingerprint density at radius 3 is 2.56 bits per heavy atom. The number of ether oxygens (including phenoxy) is 2. The van der Waals surface area contributed by atoms with Gasteiger partial charge in [-0.3, -0.25) is 15.1 Å². The summed E-state index contributed by atoms with van der Waals surface area (Å²) in [5.74, 6) is 0.978. The Morgan fingerprint density at radius 1 is 1.16 bits per heavy atom. The number of rotatable bonds is 10. The number of carbonyl (C=O) groups is 1. The minimum atomic E-state index is -1.02. The Hall–Kier alpha value is -3.30. The molecule has 0 amide bonds. The van der Waals surface area contributed by atoms with E-state index in [0.717, 1.165) is 12.0 Å². The summed E-state index contributed by atoms with van der Waals surface area (Å²) in [6, 6.07) is 18.5. The molecule has 1 aliphatic carbocycles. The zero-order valence-electron chi connectivity index (χ0n) is 19.0. The summed E-state index contributed by atoms with van der Waals surface area (Å²) in [5, 5.41) is 9.64. The zero-order chi connectivity index (χ0) is 23.1. The topological polar surface area (TPSA) is 80.6 Å². The van der Waals surface area contributed by atoms with Gasteiger partial charge in [0.2, 0.25) is 6.10 Å². The van der Waals surface area contributed by atoms with Gasteiger partial charge < -0.3 is 9.47 Å². The molecule has 2 aromatic rings. The number of hydrogen-bond donors (Lipinski definition) is 1. The van der Waals surface area contributed by atoms with Crippen LogP contribution in [0.25, 0.3) is 0 Å². The summed E-state index contributed by atoms with van der Waals surface area (Å²) < 4.78 is 11.4. The number of hydroxylamine groups is 1. The SMILES string of the molecule is CC(C)CCONC=C1[C@@H](C(=O)OC(C#N)c2cccc(Oc3ccccc3)c2)C1(C)C. The largest absolute Gasteiger partial charge is 0.457 e. The molecular formula is C26H30N2O4. The van der Waals surface area contributed by atoms with Gasteiger partial charge in [0, 0.05) is 17.2 Å². The van der Waals surface area contributed by atoms with Gasteiger partial charge >= 0.3 is 5.97 Å². The first-order valence-corrected chi connectivity index (χ1v) is 10.8. The number of hydrogen-bond acceptors (Lipinski definition) is 6. The van der Waals surface area contributed by atoms with Crippen molar-refractivity contribution in [2.45, 2.75) is 40.2 Å². The molecule has 168 valence electrons. The summed E-state index contributed by atoms with van der Waals surface area (Å²) in [5.41, 5.74) is 3.93. The summed E-state index contributed by atoms with van der Waals surface area (Å²) in [6.07, 6.45) is 1.65. The lowest BCUT2D eigenvalue weighted by molar-refractivity contribution is -0.149. The highest BCUT2D eigenvalue weighted by atomic mass is 16.6. The average molecular weight is 435 g/mol. The highest BCUT2D eigenvalue weighted by molar-refractivity contribution is 5.84. The number of nitriles is 1. The number of carbonyl (C=O) groups excluding carboxylic acids is 1. The van der Waals surface area contributed by atoms with Crippen LogP contribution in [0.2, 0.25) is 0 Å². The van der Waals surface area contributed by atoms with Gasteiger partial charge in [-0.05, 0) is 42.2 Å². The molecule has 1 unspecified atom stereocenters. The van der Waals surface area contributed by atoms with Gasteiger partial charge in [-0.15, -0.1) is 0 Å². The Morgan fingerprint density at radius 2 is 1.88 bits per heavy atom. The minimum absolute atomic E-state index is 0.343. The fourth-order valence-electron chi connectivity index (χ4n) is 3.45. The molecule has 0 saturated heterocycles. The van der Waals surface area contributed by atoms with Crippen molar-refractivity contribution in [2.75, 3.05) is 6.61 Å². The molecule has 0 bridgehead atoms. The lowest BCUT2D eigenvalue weighted by Crippen LogP contribution is -2.14. The first kappa shape index (κ1) is 23.4. The van der Waals surface area contributed by atoms with E-state index < -0.39 is 18.0 Å². The highest BCUT2D eigenvalue weighted by Gasteiger charge is 2.58. The maximum absolute atomic E-state index is 12.8. The van der Waals surface area contributed by atoms with E-state index in [2.05, 4.69) is 25.4 Å². The van der Waals surface area contributed by atoms with E-state index in [1.807, 2.05) is 44.2 Å². The monoisotopic (exact) mass is 434 g/mol. The lowest BCUT2D eigenvalue weighted by Gasteiger charge is -2.13. The molecule has 3 rings (SSSR count). The number of nitrogens with one attached hydrogen (secondary N) is 1. The third kappa shape index (κ3) is 5.89. The maximum atomic E-state index is 12.8. The van der Waals surface area contributed by atoms with E-state index in [9.17, 15) is 10.1 Å². The van der Waals surface area contributed by atoms with Gasteiger partial charge in [-0.25, -0.2) is 0 Å². The van der Waals surface area contributed by atoms with Crippen LogP contribution in [0, 0.1) is 28.6 Å². The van der Waals surface area contributed by atoms with Crippen molar-refractivity contribution in [3.63, 3.8) is 0 Å². The summed E-state index contributed by atoms with van der Waals surface area (Å²) in [6.45, 7) is 8.79. The van der Waals surface area contributed by atoms with Crippen LogP contribution in [0.4, 0.5) is 0 Å². The molecule has 0 aromatic heterocycles. The summed E-state index contributed by atoms with van der Waals surface area (Å²) >= 11 is 0. The molecule has 0 heterocycles. The predicted molar refractivity (Wildman–Crippen MR) is 121 cm³/mol. The Bertz CT molecular complexity index is 992. The van der Waals surface area contributed by atoms with E-state index >= 15 is 0 Å². The second kappa shape index (κ2) is 10.3. The van der Waals surface area contributed by atoms with Gasteiger partial charge in [0.25, 0.3) is 0 Å². The van der Waals surface area contributed by atoms with Crippen LogP contribution >= 0.6 is 0 Å². The first-order chi connectivity index (χ1) is 15.3. The van der Waals surface area contributed by atoms with Gasteiger partial charge in [0.05, 0.1) is 12.5 Å². The van der Waals surface area contributed by atoms with Crippen molar-refractivity contribution in [1.82, 2.24) is 5.48 Å². The van der Waals surface area contributed by atoms with Crippen LogP contribution in [-0.2, 0) is 14.4 Å². The fraction of sp³-hybridized carbons (Fsp3) is 0.385. The van der Waals surface area contributed by atoms with Crippen molar-refractivity contribution in [2.24, 2.45) is 17.3 Å². The van der Waals surface area contributed by atoms with E-state index in [1.54, 1.807) is 30.5 Å². The van der Waals surface area contributed by atoms with E-state index in [1.165, 1.54) is 0 Å². The molecule has 6 nitrogen and oxygen atoms in total. The molecule has 1 saturated carbocycles. The third-order valence-electron chi connectivity index (χ3n) is 5.52. The second-order valence-electron chi connectivity index (χ2n) is 8.84. The molecule has 0 radical (unpaired) electrons. The normalized spacial score (nSPS) is 18.6. The van der Waals surface area contributed by atoms with Gasteiger partial charge in [-0.2, -0.15) is 5.26 Å². The number of esters is 1. The number of para-hydroxylation sites is 1. The quantitative estimate of drug-likeness (QED) is 0.294. The molecule has 1 aliphatic rings. The second-order valence-corrected chi connectivity index (χ2v) is 8.84.